The Hall–Kier alpha value is -2.85. The Morgan fingerprint density at radius 2 is 2.04 bits per heavy atom. The van der Waals surface area contributed by atoms with E-state index >= 15 is 0 Å². The molecule has 2 heterocycles. The minimum atomic E-state index is -0.750. The van der Waals surface area contributed by atoms with Crippen LogP contribution in [0.3, 0.4) is 0 Å². The largest absolute Gasteiger partial charge is 0.390 e. The smallest absolute Gasteiger partial charge is 0.306 e. The molecule has 1 atom stereocenters. The maximum absolute atomic E-state index is 11.1. The molecule has 0 amide bonds. The molecule has 1 aromatic heterocycles. The summed E-state index contributed by atoms with van der Waals surface area (Å²) in [4.78, 5) is 22.8. The summed E-state index contributed by atoms with van der Waals surface area (Å²) < 4.78 is 1.34. The van der Waals surface area contributed by atoms with Gasteiger partial charge >= 0.3 is 5.69 Å². The predicted molar refractivity (Wildman–Crippen MR) is 87.0 cm³/mol. The van der Waals surface area contributed by atoms with Gasteiger partial charge in [0.05, 0.1) is 22.5 Å². The molecule has 1 aliphatic heterocycles. The fraction of sp³-hybridized carbons (Fsp3) is 0.400. The number of benzene rings is 1. The predicted octanol–water partition coefficient (Wildman–Crippen LogP) is 1.12. The number of fused-ring (bicyclic) bond motifs is 1. The Morgan fingerprint density at radius 1 is 1.24 bits per heavy atom. The third kappa shape index (κ3) is 3.80. The maximum atomic E-state index is 11.1. The van der Waals surface area contributed by atoms with Crippen LogP contribution >= 0.6 is 0 Å². The summed E-state index contributed by atoms with van der Waals surface area (Å²) in [5.41, 5.74) is 1.66. The molecule has 0 radical (unpaired) electrons. The van der Waals surface area contributed by atoms with E-state index in [1.165, 1.54) is 16.9 Å². The molecule has 1 aliphatic rings. The topological polar surface area (TPSA) is 128 Å². The van der Waals surface area contributed by atoms with E-state index in [0.29, 0.717) is 26.1 Å². The highest BCUT2D eigenvalue weighted by Gasteiger charge is 2.25. The minimum absolute atomic E-state index is 0.119. The Labute approximate surface area is 142 Å². The molecule has 3 rings (SSSR count). The van der Waals surface area contributed by atoms with Crippen molar-refractivity contribution in [1.29, 1.82) is 0 Å². The van der Waals surface area contributed by atoms with Crippen LogP contribution in [0.1, 0.15) is 11.1 Å². The van der Waals surface area contributed by atoms with Gasteiger partial charge in [-0.2, -0.15) is 5.10 Å². The van der Waals surface area contributed by atoms with Gasteiger partial charge in [0, 0.05) is 31.3 Å². The molecule has 10 heteroatoms. The Bertz CT molecular complexity index is 805. The van der Waals surface area contributed by atoms with Crippen LogP contribution in [0.5, 0.6) is 0 Å². The summed E-state index contributed by atoms with van der Waals surface area (Å²) in [6, 6.07) is 5.03. The molecule has 0 fully saturated rings. The molecule has 0 bridgehead atoms. The highest BCUT2D eigenvalue weighted by atomic mass is 16.6. The second-order valence-corrected chi connectivity index (χ2v) is 5.99. The number of nitro groups is 2. The quantitative estimate of drug-likeness (QED) is 0.612. The van der Waals surface area contributed by atoms with Crippen LogP contribution in [-0.4, -0.2) is 48.8 Å². The van der Waals surface area contributed by atoms with Gasteiger partial charge < -0.3 is 5.11 Å². The van der Waals surface area contributed by atoms with Gasteiger partial charge in [0.25, 0.3) is 5.69 Å². The Kier molecular flexibility index (Phi) is 4.72. The number of hydrogen-bond acceptors (Lipinski definition) is 7. The molecule has 25 heavy (non-hydrogen) atoms. The second kappa shape index (κ2) is 6.95. The van der Waals surface area contributed by atoms with Gasteiger partial charge in [-0.25, -0.2) is 0 Å². The normalized spacial score (nSPS) is 15.6. The SMILES string of the molecule is O=[N+]([O-])c1cnn(CC(O)CN2CCc3c(cccc3[N+](=O)[O-])C2)c1. The molecule has 10 nitrogen and oxygen atoms in total. The van der Waals surface area contributed by atoms with E-state index < -0.39 is 11.0 Å². The number of rotatable bonds is 6. The fourth-order valence-electron chi connectivity index (χ4n) is 3.09. The first-order valence-electron chi connectivity index (χ1n) is 7.76. The third-order valence-corrected chi connectivity index (χ3v) is 4.21. The first-order chi connectivity index (χ1) is 11.9. The number of aliphatic hydroxyl groups excluding tert-OH is 1. The molecule has 0 spiro atoms. The number of hydrogen-bond donors (Lipinski definition) is 1. The zero-order chi connectivity index (χ0) is 18.0. The highest BCUT2D eigenvalue weighted by molar-refractivity contribution is 5.46. The molecule has 132 valence electrons. The zero-order valence-electron chi connectivity index (χ0n) is 13.3. The van der Waals surface area contributed by atoms with Crippen LogP contribution in [0.15, 0.2) is 30.6 Å². The lowest BCUT2D eigenvalue weighted by Crippen LogP contribution is -2.38. The molecule has 2 aromatic rings. The average Bonchev–Trinajstić information content (AvgIpc) is 3.02. The van der Waals surface area contributed by atoms with Crippen molar-refractivity contribution in [3.63, 3.8) is 0 Å². The van der Waals surface area contributed by atoms with Crippen molar-refractivity contribution in [2.45, 2.75) is 25.6 Å². The average molecular weight is 347 g/mol. The summed E-state index contributed by atoms with van der Waals surface area (Å²) in [5.74, 6) is 0. The first kappa shape index (κ1) is 17.0. The molecular weight excluding hydrogens is 330 g/mol. The molecule has 0 aliphatic carbocycles. The van der Waals surface area contributed by atoms with Crippen LogP contribution < -0.4 is 0 Å². The van der Waals surface area contributed by atoms with Crippen molar-refractivity contribution in [1.82, 2.24) is 14.7 Å². The van der Waals surface area contributed by atoms with Gasteiger partial charge in [-0.1, -0.05) is 12.1 Å². The van der Waals surface area contributed by atoms with Gasteiger partial charge in [0.1, 0.15) is 12.4 Å². The van der Waals surface area contributed by atoms with Crippen molar-refractivity contribution in [3.8, 4) is 0 Å². The lowest BCUT2D eigenvalue weighted by atomic mass is 9.97. The number of nitro benzene ring substituents is 1. The number of nitrogens with zero attached hydrogens (tertiary/aromatic N) is 5. The lowest BCUT2D eigenvalue weighted by molar-refractivity contribution is -0.385. The summed E-state index contributed by atoms with van der Waals surface area (Å²) >= 11 is 0. The molecule has 0 saturated carbocycles. The molecule has 1 N–H and O–H groups in total. The van der Waals surface area contributed by atoms with Crippen LogP contribution in [-0.2, 0) is 19.5 Å². The van der Waals surface area contributed by atoms with Crippen LogP contribution in [0.25, 0.3) is 0 Å². The van der Waals surface area contributed by atoms with Crippen LogP contribution in [0.2, 0.25) is 0 Å². The minimum Gasteiger partial charge on any atom is -0.390 e. The van der Waals surface area contributed by atoms with E-state index in [1.54, 1.807) is 6.07 Å². The first-order valence-corrected chi connectivity index (χ1v) is 7.76. The standard InChI is InChI=1S/C15H17N5O5/c21-13(10-18-8-12(6-16-18)19(22)23)9-17-5-4-14-11(7-17)2-1-3-15(14)20(24)25/h1-3,6,8,13,21H,4-5,7,9-10H2. The van der Waals surface area contributed by atoms with E-state index in [0.717, 1.165) is 17.3 Å². The lowest BCUT2D eigenvalue weighted by Gasteiger charge is -2.30. The monoisotopic (exact) mass is 347 g/mol. The molecule has 0 saturated heterocycles. The summed E-state index contributed by atoms with van der Waals surface area (Å²) in [7, 11) is 0. The Morgan fingerprint density at radius 3 is 2.72 bits per heavy atom. The van der Waals surface area contributed by atoms with Crippen molar-refractivity contribution in [3.05, 3.63) is 61.9 Å². The number of aliphatic hydroxyl groups is 1. The van der Waals surface area contributed by atoms with Crippen molar-refractivity contribution in [2.24, 2.45) is 0 Å². The van der Waals surface area contributed by atoms with E-state index in [-0.39, 0.29) is 22.8 Å². The van der Waals surface area contributed by atoms with Gasteiger partial charge in [-0.3, -0.25) is 29.8 Å². The van der Waals surface area contributed by atoms with Crippen LogP contribution in [0.4, 0.5) is 11.4 Å². The van der Waals surface area contributed by atoms with Crippen LogP contribution in [0, 0.1) is 20.2 Å². The van der Waals surface area contributed by atoms with Gasteiger partial charge in [-0.05, 0) is 12.0 Å². The number of β-amino-alcohol motifs (C(OH)–C–C–N with tert-alkyl or cyclic N) is 1. The second-order valence-electron chi connectivity index (χ2n) is 5.99. The molecule has 1 aromatic carbocycles. The van der Waals surface area contributed by atoms with Crippen molar-refractivity contribution >= 4 is 11.4 Å². The number of aromatic nitrogens is 2. The van der Waals surface area contributed by atoms with E-state index in [2.05, 4.69) is 5.10 Å². The fourth-order valence-corrected chi connectivity index (χ4v) is 3.09. The summed E-state index contributed by atoms with van der Waals surface area (Å²) in [5, 5.41) is 35.8. The Balaban J connectivity index is 1.61. The maximum Gasteiger partial charge on any atom is 0.306 e. The third-order valence-electron chi connectivity index (χ3n) is 4.21. The van der Waals surface area contributed by atoms with Gasteiger partial charge in [-0.15, -0.1) is 0 Å². The van der Waals surface area contributed by atoms with E-state index in [4.69, 9.17) is 0 Å². The van der Waals surface area contributed by atoms with Crippen molar-refractivity contribution < 1.29 is 15.0 Å². The summed E-state index contributed by atoms with van der Waals surface area (Å²) in [6.07, 6.45) is 2.22. The van der Waals surface area contributed by atoms with Crippen molar-refractivity contribution in [2.75, 3.05) is 13.1 Å². The summed E-state index contributed by atoms with van der Waals surface area (Å²) in [6.45, 7) is 1.63. The van der Waals surface area contributed by atoms with Gasteiger partial charge in [0.2, 0.25) is 0 Å². The zero-order valence-corrected chi connectivity index (χ0v) is 13.3. The van der Waals surface area contributed by atoms with Gasteiger partial charge in [0.15, 0.2) is 0 Å². The molecular formula is C15H17N5O5. The highest BCUT2D eigenvalue weighted by Crippen LogP contribution is 2.27. The van der Waals surface area contributed by atoms with E-state index in [1.807, 2.05) is 11.0 Å². The molecule has 1 unspecified atom stereocenters. The van der Waals surface area contributed by atoms with E-state index in [9.17, 15) is 25.3 Å².